The number of aryl methyl sites for hydroxylation is 1. The molecule has 0 radical (unpaired) electrons. The largest absolute Gasteiger partial charge is 0.358 e. The van der Waals surface area contributed by atoms with E-state index < -0.39 is 0 Å². The number of rotatable bonds is 6. The first-order valence-corrected chi connectivity index (χ1v) is 7.89. The molecule has 1 aromatic heterocycles. The Hall–Kier alpha value is -1.49. The molecule has 1 aromatic carbocycles. The number of thioether (sulfide) groups is 1. The Kier molecular flexibility index (Phi) is 5.06. The molecule has 1 N–H and O–H groups in total. The van der Waals surface area contributed by atoms with E-state index in [-0.39, 0.29) is 5.91 Å². The van der Waals surface area contributed by atoms with Crippen LogP contribution in [0.2, 0.25) is 0 Å². The van der Waals surface area contributed by atoms with Gasteiger partial charge in [-0.1, -0.05) is 37.7 Å². The Labute approximate surface area is 124 Å². The van der Waals surface area contributed by atoms with Gasteiger partial charge in [0.15, 0.2) is 5.16 Å². The maximum atomic E-state index is 11.4. The molecular formula is C15H21N3OS. The lowest BCUT2D eigenvalue weighted by molar-refractivity contribution is -0.118. The number of nitrogens with zero attached hydrogens (tertiary/aromatic N) is 2. The van der Waals surface area contributed by atoms with Crippen LogP contribution in [0.3, 0.4) is 0 Å². The fourth-order valence-corrected chi connectivity index (χ4v) is 2.88. The van der Waals surface area contributed by atoms with Crippen molar-refractivity contribution in [3.63, 3.8) is 0 Å². The summed E-state index contributed by atoms with van der Waals surface area (Å²) in [4.78, 5) is 16.1. The van der Waals surface area contributed by atoms with Crippen LogP contribution >= 0.6 is 11.8 Å². The highest BCUT2D eigenvalue weighted by molar-refractivity contribution is 7.99. The maximum Gasteiger partial charge on any atom is 0.230 e. The lowest BCUT2D eigenvalue weighted by Crippen LogP contribution is -2.20. The van der Waals surface area contributed by atoms with Gasteiger partial charge in [0.2, 0.25) is 5.91 Å². The van der Waals surface area contributed by atoms with Crippen LogP contribution in [0.4, 0.5) is 0 Å². The van der Waals surface area contributed by atoms with Gasteiger partial charge in [0.25, 0.3) is 0 Å². The standard InChI is InChI=1S/C15H21N3OS/c1-11(2)8-9-18-13-7-5-4-6-12(13)17-15(18)20-10-14(19)16-3/h4-7,11H,8-10H2,1-3H3,(H,16,19). The summed E-state index contributed by atoms with van der Waals surface area (Å²) in [6.07, 6.45) is 1.11. The SMILES string of the molecule is CNC(=O)CSc1nc2ccccc2n1CCC(C)C. The second-order valence-corrected chi connectivity index (χ2v) is 6.12. The topological polar surface area (TPSA) is 46.9 Å². The van der Waals surface area contributed by atoms with Gasteiger partial charge in [-0.15, -0.1) is 0 Å². The van der Waals surface area contributed by atoms with Crippen LogP contribution in [0.1, 0.15) is 20.3 Å². The molecule has 0 spiro atoms. The van der Waals surface area contributed by atoms with Crippen molar-refractivity contribution in [3.8, 4) is 0 Å². The first-order valence-electron chi connectivity index (χ1n) is 6.90. The Morgan fingerprint density at radius 3 is 2.85 bits per heavy atom. The van der Waals surface area contributed by atoms with Gasteiger partial charge in [0.05, 0.1) is 16.8 Å². The Morgan fingerprint density at radius 1 is 1.40 bits per heavy atom. The van der Waals surface area contributed by atoms with Crippen LogP contribution in [0.15, 0.2) is 29.4 Å². The number of carbonyl (C=O) groups is 1. The zero-order chi connectivity index (χ0) is 14.5. The molecule has 0 unspecified atom stereocenters. The molecule has 2 rings (SSSR count). The maximum absolute atomic E-state index is 11.4. The van der Waals surface area contributed by atoms with E-state index in [1.54, 1.807) is 7.05 Å². The summed E-state index contributed by atoms with van der Waals surface area (Å²) in [5.74, 6) is 1.08. The number of aromatic nitrogens is 2. The molecule has 0 aliphatic heterocycles. The molecule has 1 heterocycles. The monoisotopic (exact) mass is 291 g/mol. The van der Waals surface area contributed by atoms with E-state index in [4.69, 9.17) is 0 Å². The van der Waals surface area contributed by atoms with Crippen molar-refractivity contribution < 1.29 is 4.79 Å². The predicted octanol–water partition coefficient (Wildman–Crippen LogP) is 2.92. The minimum absolute atomic E-state index is 0.0254. The fraction of sp³-hybridized carbons (Fsp3) is 0.467. The van der Waals surface area contributed by atoms with Crippen molar-refractivity contribution in [2.24, 2.45) is 5.92 Å². The van der Waals surface area contributed by atoms with Crippen molar-refractivity contribution in [1.82, 2.24) is 14.9 Å². The van der Waals surface area contributed by atoms with Gasteiger partial charge >= 0.3 is 0 Å². The smallest absolute Gasteiger partial charge is 0.230 e. The second kappa shape index (κ2) is 6.79. The number of nitrogens with one attached hydrogen (secondary N) is 1. The van der Waals surface area contributed by atoms with E-state index in [2.05, 4.69) is 34.8 Å². The van der Waals surface area contributed by atoms with Gasteiger partial charge in [0, 0.05) is 13.6 Å². The summed E-state index contributed by atoms with van der Waals surface area (Å²) < 4.78 is 2.23. The van der Waals surface area contributed by atoms with Crippen LogP contribution < -0.4 is 5.32 Å². The average molecular weight is 291 g/mol. The average Bonchev–Trinajstić information content (AvgIpc) is 2.80. The molecule has 0 aliphatic carbocycles. The molecule has 5 heteroatoms. The fourth-order valence-electron chi connectivity index (χ4n) is 1.97. The van der Waals surface area contributed by atoms with Gasteiger partial charge in [-0.3, -0.25) is 4.79 Å². The van der Waals surface area contributed by atoms with Gasteiger partial charge < -0.3 is 9.88 Å². The van der Waals surface area contributed by atoms with Crippen LogP contribution in [0, 0.1) is 5.92 Å². The number of fused-ring (bicyclic) bond motifs is 1. The highest BCUT2D eigenvalue weighted by Gasteiger charge is 2.12. The number of amides is 1. The van der Waals surface area contributed by atoms with E-state index in [0.717, 1.165) is 29.2 Å². The number of hydrogen-bond donors (Lipinski definition) is 1. The summed E-state index contributed by atoms with van der Waals surface area (Å²) in [5.41, 5.74) is 2.14. The van der Waals surface area contributed by atoms with E-state index in [0.29, 0.717) is 11.7 Å². The molecule has 1 amide bonds. The minimum Gasteiger partial charge on any atom is -0.358 e. The number of imidazole rings is 1. The number of carbonyl (C=O) groups excluding carboxylic acids is 1. The van der Waals surface area contributed by atoms with E-state index in [1.807, 2.05) is 18.2 Å². The third-order valence-electron chi connectivity index (χ3n) is 3.16. The van der Waals surface area contributed by atoms with Crippen LogP contribution in [0.25, 0.3) is 11.0 Å². The molecule has 0 bridgehead atoms. The van der Waals surface area contributed by atoms with Gasteiger partial charge in [-0.05, 0) is 24.5 Å². The number of hydrogen-bond acceptors (Lipinski definition) is 3. The van der Waals surface area contributed by atoms with Gasteiger partial charge in [-0.25, -0.2) is 4.98 Å². The molecule has 20 heavy (non-hydrogen) atoms. The summed E-state index contributed by atoms with van der Waals surface area (Å²) >= 11 is 1.50. The van der Waals surface area contributed by atoms with Crippen molar-refractivity contribution in [1.29, 1.82) is 0 Å². The summed E-state index contributed by atoms with van der Waals surface area (Å²) in [6.45, 7) is 5.38. The molecule has 2 aromatic rings. The number of benzene rings is 1. The summed E-state index contributed by atoms with van der Waals surface area (Å²) in [5, 5.41) is 3.57. The first kappa shape index (κ1) is 14.9. The first-order chi connectivity index (χ1) is 9.61. The van der Waals surface area contributed by atoms with Crippen molar-refractivity contribution in [3.05, 3.63) is 24.3 Å². The Balaban J connectivity index is 2.26. The highest BCUT2D eigenvalue weighted by atomic mass is 32.2. The predicted molar refractivity (Wildman–Crippen MR) is 84.0 cm³/mol. The molecule has 0 fully saturated rings. The molecule has 0 aliphatic rings. The quantitative estimate of drug-likeness (QED) is 0.832. The van der Waals surface area contributed by atoms with Crippen molar-refractivity contribution >= 4 is 28.7 Å². The van der Waals surface area contributed by atoms with Gasteiger partial charge in [-0.2, -0.15) is 0 Å². The molecule has 0 atom stereocenters. The van der Waals surface area contributed by atoms with Crippen molar-refractivity contribution in [2.45, 2.75) is 32.0 Å². The van der Waals surface area contributed by atoms with Crippen LogP contribution in [-0.4, -0.2) is 28.3 Å². The lowest BCUT2D eigenvalue weighted by Gasteiger charge is -2.10. The zero-order valence-corrected chi connectivity index (χ0v) is 13.0. The zero-order valence-electron chi connectivity index (χ0n) is 12.2. The molecule has 108 valence electrons. The molecule has 0 saturated carbocycles. The van der Waals surface area contributed by atoms with E-state index >= 15 is 0 Å². The molecule has 0 saturated heterocycles. The Bertz CT molecular complexity index is 592. The summed E-state index contributed by atoms with van der Waals surface area (Å²) in [7, 11) is 1.66. The third-order valence-corrected chi connectivity index (χ3v) is 4.14. The van der Waals surface area contributed by atoms with Crippen LogP contribution in [0.5, 0.6) is 0 Å². The Morgan fingerprint density at radius 2 is 2.15 bits per heavy atom. The second-order valence-electron chi connectivity index (χ2n) is 5.18. The number of para-hydroxylation sites is 2. The summed E-state index contributed by atoms with van der Waals surface area (Å²) in [6, 6.07) is 8.14. The van der Waals surface area contributed by atoms with E-state index in [1.165, 1.54) is 11.8 Å². The molecule has 4 nitrogen and oxygen atoms in total. The van der Waals surface area contributed by atoms with Gasteiger partial charge in [0.1, 0.15) is 0 Å². The van der Waals surface area contributed by atoms with Crippen molar-refractivity contribution in [2.75, 3.05) is 12.8 Å². The minimum atomic E-state index is 0.0254. The van der Waals surface area contributed by atoms with Crippen LogP contribution in [-0.2, 0) is 11.3 Å². The van der Waals surface area contributed by atoms with E-state index in [9.17, 15) is 4.79 Å². The third kappa shape index (κ3) is 3.54. The lowest BCUT2D eigenvalue weighted by atomic mass is 10.1. The normalized spacial score (nSPS) is 11.2. The molecular weight excluding hydrogens is 270 g/mol. The highest BCUT2D eigenvalue weighted by Crippen LogP contribution is 2.24.